The molecule has 3 atom stereocenters. The Hall–Kier alpha value is -3.15. The van der Waals surface area contributed by atoms with Crippen molar-refractivity contribution in [2.45, 2.75) is 25.3 Å². The van der Waals surface area contributed by atoms with E-state index >= 15 is 0 Å². The maximum absolute atomic E-state index is 12.8. The van der Waals surface area contributed by atoms with Gasteiger partial charge in [0.05, 0.1) is 32.6 Å². The minimum absolute atomic E-state index is 0.0199. The largest absolute Gasteiger partial charge is 0.469 e. The van der Waals surface area contributed by atoms with Crippen LogP contribution in [0.4, 0.5) is 5.69 Å². The molecule has 146 valence electrons. The third-order valence-electron chi connectivity index (χ3n) is 5.21. The Morgan fingerprint density at radius 3 is 2.18 bits per heavy atom. The number of hydrogen-bond donors (Lipinski definition) is 0. The van der Waals surface area contributed by atoms with E-state index in [-0.39, 0.29) is 12.3 Å². The standard InChI is InChI=1S/C22H23NO5/c1-14(24)23-18-12-8-7-11-16(18)20(22(26)28-3)17(13-19(25)27-2)21(23)15-9-5-4-6-10-15/h4-12,17,20-21H,13H2,1-3H3/t17-,20-,21-/m1/s1. The predicted octanol–water partition coefficient (Wildman–Crippen LogP) is 3.23. The fourth-order valence-corrected chi connectivity index (χ4v) is 4.07. The van der Waals surface area contributed by atoms with Gasteiger partial charge in [-0.3, -0.25) is 14.4 Å². The van der Waals surface area contributed by atoms with Crippen molar-refractivity contribution in [1.82, 2.24) is 0 Å². The Labute approximate surface area is 164 Å². The van der Waals surface area contributed by atoms with E-state index < -0.39 is 29.8 Å². The molecule has 6 nitrogen and oxygen atoms in total. The van der Waals surface area contributed by atoms with Crippen molar-refractivity contribution in [3.05, 3.63) is 65.7 Å². The molecule has 0 saturated carbocycles. The first kappa shape index (κ1) is 19.6. The molecule has 6 heteroatoms. The van der Waals surface area contributed by atoms with Gasteiger partial charge in [-0.15, -0.1) is 0 Å². The van der Waals surface area contributed by atoms with Crippen molar-refractivity contribution in [3.63, 3.8) is 0 Å². The summed E-state index contributed by atoms with van der Waals surface area (Å²) in [6.45, 7) is 1.49. The number of fused-ring (bicyclic) bond motifs is 1. The number of esters is 2. The molecule has 0 aliphatic carbocycles. The number of anilines is 1. The van der Waals surface area contributed by atoms with Gasteiger partial charge in [0.25, 0.3) is 0 Å². The van der Waals surface area contributed by atoms with Gasteiger partial charge in [-0.05, 0) is 17.2 Å². The van der Waals surface area contributed by atoms with Crippen LogP contribution in [0.1, 0.15) is 36.4 Å². The normalized spacial score (nSPS) is 20.8. The van der Waals surface area contributed by atoms with Gasteiger partial charge >= 0.3 is 11.9 Å². The number of methoxy groups -OCH3 is 2. The first-order chi connectivity index (χ1) is 13.5. The Morgan fingerprint density at radius 1 is 0.929 bits per heavy atom. The van der Waals surface area contributed by atoms with Crippen LogP contribution in [0.2, 0.25) is 0 Å². The fourth-order valence-electron chi connectivity index (χ4n) is 4.07. The second-order valence-corrected chi connectivity index (χ2v) is 6.75. The summed E-state index contributed by atoms with van der Waals surface area (Å²) in [6, 6.07) is 16.2. The van der Waals surface area contributed by atoms with Crippen LogP contribution in [0.3, 0.4) is 0 Å². The average molecular weight is 381 g/mol. The highest BCUT2D eigenvalue weighted by molar-refractivity contribution is 5.96. The molecule has 0 spiro atoms. The van der Waals surface area contributed by atoms with Gasteiger partial charge in [-0.2, -0.15) is 0 Å². The van der Waals surface area contributed by atoms with Gasteiger partial charge in [0, 0.05) is 18.5 Å². The molecule has 1 heterocycles. The number of para-hydroxylation sites is 1. The van der Waals surface area contributed by atoms with Gasteiger partial charge in [0.15, 0.2) is 0 Å². The van der Waals surface area contributed by atoms with E-state index in [1.54, 1.807) is 11.0 Å². The van der Waals surface area contributed by atoms with Crippen LogP contribution in [-0.2, 0) is 23.9 Å². The number of rotatable bonds is 4. The third kappa shape index (κ3) is 3.50. The first-order valence-corrected chi connectivity index (χ1v) is 9.08. The molecular weight excluding hydrogens is 358 g/mol. The monoisotopic (exact) mass is 381 g/mol. The Bertz CT molecular complexity index is 880. The summed E-state index contributed by atoms with van der Waals surface area (Å²) in [5, 5.41) is 0. The summed E-state index contributed by atoms with van der Waals surface area (Å²) in [5.74, 6) is -2.27. The van der Waals surface area contributed by atoms with Gasteiger partial charge < -0.3 is 14.4 Å². The second kappa shape index (κ2) is 8.25. The number of hydrogen-bond acceptors (Lipinski definition) is 5. The fraction of sp³-hybridized carbons (Fsp3) is 0.318. The third-order valence-corrected chi connectivity index (χ3v) is 5.21. The molecule has 1 amide bonds. The van der Waals surface area contributed by atoms with E-state index in [4.69, 9.17) is 9.47 Å². The van der Waals surface area contributed by atoms with Crippen LogP contribution in [0, 0.1) is 5.92 Å². The summed E-state index contributed by atoms with van der Waals surface area (Å²) in [5.41, 5.74) is 2.17. The maximum Gasteiger partial charge on any atom is 0.313 e. The summed E-state index contributed by atoms with van der Waals surface area (Å²) < 4.78 is 9.97. The lowest BCUT2D eigenvalue weighted by atomic mass is 9.72. The molecule has 3 rings (SSSR count). The van der Waals surface area contributed by atoms with Crippen molar-refractivity contribution >= 4 is 23.5 Å². The van der Waals surface area contributed by atoms with Crippen molar-refractivity contribution < 1.29 is 23.9 Å². The van der Waals surface area contributed by atoms with Crippen LogP contribution in [0.15, 0.2) is 54.6 Å². The van der Waals surface area contributed by atoms with Crippen molar-refractivity contribution in [2.24, 2.45) is 5.92 Å². The zero-order valence-electron chi connectivity index (χ0n) is 16.1. The number of nitrogens with zero attached hydrogens (tertiary/aromatic N) is 1. The van der Waals surface area contributed by atoms with Crippen molar-refractivity contribution in [3.8, 4) is 0 Å². The summed E-state index contributed by atoms with van der Waals surface area (Å²) in [6.07, 6.45) is -0.0199. The highest BCUT2D eigenvalue weighted by Gasteiger charge is 2.47. The number of ether oxygens (including phenoxy) is 2. The van der Waals surface area contributed by atoms with E-state index in [1.807, 2.05) is 48.5 Å². The van der Waals surface area contributed by atoms with E-state index in [0.717, 1.165) is 5.56 Å². The number of benzene rings is 2. The number of amides is 1. The Balaban J connectivity index is 2.26. The first-order valence-electron chi connectivity index (χ1n) is 9.08. The zero-order chi connectivity index (χ0) is 20.3. The van der Waals surface area contributed by atoms with E-state index in [1.165, 1.54) is 21.1 Å². The van der Waals surface area contributed by atoms with Gasteiger partial charge in [0.2, 0.25) is 5.91 Å². The average Bonchev–Trinajstić information content (AvgIpc) is 2.72. The predicted molar refractivity (Wildman–Crippen MR) is 104 cm³/mol. The lowest BCUT2D eigenvalue weighted by Gasteiger charge is -2.45. The molecule has 28 heavy (non-hydrogen) atoms. The highest BCUT2D eigenvalue weighted by Crippen LogP contribution is 2.50. The lowest BCUT2D eigenvalue weighted by Crippen LogP contribution is -2.46. The van der Waals surface area contributed by atoms with E-state index in [9.17, 15) is 14.4 Å². The molecule has 0 radical (unpaired) electrons. The number of carbonyl (C=O) groups excluding carboxylic acids is 3. The van der Waals surface area contributed by atoms with Gasteiger partial charge in [-0.1, -0.05) is 48.5 Å². The SMILES string of the molecule is COC(=O)C[C@@H]1[C@H](C(=O)OC)c2ccccc2N(C(C)=O)[C@@H]1c1ccccc1. The van der Waals surface area contributed by atoms with Crippen molar-refractivity contribution in [2.75, 3.05) is 19.1 Å². The Morgan fingerprint density at radius 2 is 1.57 bits per heavy atom. The summed E-state index contributed by atoms with van der Waals surface area (Å²) in [4.78, 5) is 39.4. The molecular formula is C22H23NO5. The molecule has 2 aromatic rings. The van der Waals surface area contributed by atoms with E-state index in [0.29, 0.717) is 11.3 Å². The van der Waals surface area contributed by atoms with Crippen molar-refractivity contribution in [1.29, 1.82) is 0 Å². The molecule has 2 aromatic carbocycles. The Kier molecular flexibility index (Phi) is 5.78. The van der Waals surface area contributed by atoms with Crippen LogP contribution in [0.25, 0.3) is 0 Å². The molecule has 0 unspecified atom stereocenters. The second-order valence-electron chi connectivity index (χ2n) is 6.75. The van der Waals surface area contributed by atoms with Gasteiger partial charge in [0.1, 0.15) is 0 Å². The zero-order valence-corrected chi connectivity index (χ0v) is 16.1. The minimum atomic E-state index is -0.693. The molecule has 1 aliphatic rings. The minimum Gasteiger partial charge on any atom is -0.469 e. The summed E-state index contributed by atoms with van der Waals surface area (Å²) >= 11 is 0. The van der Waals surface area contributed by atoms with Crippen LogP contribution >= 0.6 is 0 Å². The van der Waals surface area contributed by atoms with Crippen LogP contribution in [0.5, 0.6) is 0 Å². The maximum atomic E-state index is 12.8. The van der Waals surface area contributed by atoms with Gasteiger partial charge in [-0.25, -0.2) is 0 Å². The molecule has 0 fully saturated rings. The lowest BCUT2D eigenvalue weighted by molar-refractivity contribution is -0.147. The number of carbonyl (C=O) groups is 3. The highest BCUT2D eigenvalue weighted by atomic mass is 16.5. The van der Waals surface area contributed by atoms with Crippen LogP contribution in [-0.4, -0.2) is 32.1 Å². The molecule has 0 bridgehead atoms. The molecule has 0 saturated heterocycles. The van der Waals surface area contributed by atoms with Crippen LogP contribution < -0.4 is 4.90 Å². The topological polar surface area (TPSA) is 72.9 Å². The summed E-state index contributed by atoms with van der Waals surface area (Å²) in [7, 11) is 2.64. The molecule has 0 aromatic heterocycles. The molecule has 1 aliphatic heterocycles. The quantitative estimate of drug-likeness (QED) is 0.761. The van der Waals surface area contributed by atoms with E-state index in [2.05, 4.69) is 0 Å². The smallest absolute Gasteiger partial charge is 0.313 e. The molecule has 0 N–H and O–H groups in total.